The second-order valence-electron chi connectivity index (χ2n) is 16.7. The van der Waals surface area contributed by atoms with Crippen molar-refractivity contribution < 1.29 is 38.4 Å². The van der Waals surface area contributed by atoms with E-state index in [0.29, 0.717) is 37.2 Å². The van der Waals surface area contributed by atoms with E-state index < -0.39 is 46.4 Å². The summed E-state index contributed by atoms with van der Waals surface area (Å²) < 4.78 is 23.6. The van der Waals surface area contributed by atoms with Crippen molar-refractivity contribution in [2.45, 2.75) is 74.1 Å². The number of aromatic nitrogens is 1. The molecule has 5 aliphatic heterocycles. The predicted molar refractivity (Wildman–Crippen MR) is 210 cm³/mol. The number of methoxy groups -OCH3 is 3. The number of esters is 3. The minimum Gasteiger partial charge on any atom is -0.496 e. The average Bonchev–Trinajstić information content (AvgIpc) is 3.86. The van der Waals surface area contributed by atoms with Crippen LogP contribution in [0.5, 0.6) is 5.75 Å². The van der Waals surface area contributed by atoms with E-state index in [1.807, 2.05) is 42.3 Å². The standard InChI is InChI=1S/C44H52N4O8/c1-7-26-19-27-22-43(40(50)54-5,36-29(14-17-47(23-26)24-27)28-11-8-9-13-33(28)45-36)32-20-31-34(21-35(32)53-4)46(3)39-42(31)15-18-48-16-10-12-30(37(42)48)38(56-25(2)49)44(39,52)41(51)55-6/h8-13,19-21,27,30,37-39,45,52H,7,14-18,22-24H2,1-6H3/t27-,30-,37+,38-,39-,42-,43+,44-/m1/s1. The molecule has 2 aromatic carbocycles. The number of benzene rings is 2. The van der Waals surface area contributed by atoms with Crippen LogP contribution >= 0.6 is 0 Å². The number of fused-ring (bicyclic) bond motifs is 6. The second-order valence-corrected chi connectivity index (χ2v) is 16.7. The number of hydrogen-bond acceptors (Lipinski definition) is 11. The number of H-pyrrole nitrogens is 1. The van der Waals surface area contributed by atoms with Gasteiger partial charge in [-0.05, 0) is 61.4 Å². The third-order valence-electron chi connectivity index (χ3n) is 14.2. The van der Waals surface area contributed by atoms with Crippen molar-refractivity contribution >= 4 is 34.5 Å². The van der Waals surface area contributed by atoms with Gasteiger partial charge in [0.15, 0.2) is 6.10 Å². The molecule has 1 aromatic heterocycles. The quantitative estimate of drug-likeness (QED) is 0.214. The molecule has 2 bridgehead atoms. The lowest BCUT2D eigenvalue weighted by Crippen LogP contribution is -2.78. The maximum absolute atomic E-state index is 15.2. The van der Waals surface area contributed by atoms with Crippen LogP contribution in [-0.4, -0.2) is 123 Å². The summed E-state index contributed by atoms with van der Waals surface area (Å²) in [6.07, 6.45) is 7.89. The lowest BCUT2D eigenvalue weighted by Gasteiger charge is -2.58. The summed E-state index contributed by atoms with van der Waals surface area (Å²) in [5.74, 6) is -1.83. The number of nitrogens with one attached hydrogen (secondary N) is 1. The zero-order valence-electron chi connectivity index (χ0n) is 33.1. The van der Waals surface area contributed by atoms with E-state index in [2.05, 4.69) is 46.0 Å². The average molecular weight is 765 g/mol. The summed E-state index contributed by atoms with van der Waals surface area (Å²) >= 11 is 0. The van der Waals surface area contributed by atoms with Gasteiger partial charge >= 0.3 is 17.9 Å². The first-order valence-corrected chi connectivity index (χ1v) is 19.9. The Hall–Kier alpha value is -4.65. The third kappa shape index (κ3) is 4.84. The first kappa shape index (κ1) is 37.0. The predicted octanol–water partition coefficient (Wildman–Crippen LogP) is 4.02. The molecular weight excluding hydrogens is 713 g/mol. The molecule has 9 atom stereocenters. The lowest BCUT2D eigenvalue weighted by molar-refractivity contribution is -0.211. The lowest BCUT2D eigenvalue weighted by atomic mass is 9.54. The monoisotopic (exact) mass is 764 g/mol. The van der Waals surface area contributed by atoms with Gasteiger partial charge in [0, 0.05) is 91.4 Å². The second kappa shape index (κ2) is 13.2. The van der Waals surface area contributed by atoms with Crippen LogP contribution in [0, 0.1) is 11.8 Å². The van der Waals surface area contributed by atoms with Crippen molar-refractivity contribution in [3.05, 3.63) is 82.6 Å². The van der Waals surface area contributed by atoms with Gasteiger partial charge in [-0.1, -0.05) is 48.9 Å². The van der Waals surface area contributed by atoms with Crippen molar-refractivity contribution in [1.29, 1.82) is 0 Å². The SMILES string of the molecule is CCC1=C[C@H]2CN(CCc3c([nH]c4ccccc34)[C@@](C(=O)OC)(c3cc4c(cc3OC)N(C)[C@H]3[C@@](O)(C(=O)OC)[C@H](OC(C)=O)[C@@H]5C=CCN6CC[C@]43[C@H]56)C2)C1. The Morgan fingerprint density at radius 2 is 1.82 bits per heavy atom. The van der Waals surface area contributed by atoms with E-state index in [4.69, 9.17) is 18.9 Å². The van der Waals surface area contributed by atoms with Crippen LogP contribution in [0.2, 0.25) is 0 Å². The zero-order valence-corrected chi connectivity index (χ0v) is 33.1. The molecule has 2 fully saturated rings. The minimum atomic E-state index is -2.24. The Bertz CT molecular complexity index is 2200. The number of carbonyl (C=O) groups excluding carboxylic acids is 3. The van der Waals surface area contributed by atoms with E-state index in [1.165, 1.54) is 26.7 Å². The number of ether oxygens (including phenoxy) is 4. The molecule has 0 amide bonds. The molecule has 1 saturated carbocycles. The molecule has 296 valence electrons. The van der Waals surface area contributed by atoms with Gasteiger partial charge in [0.1, 0.15) is 11.2 Å². The van der Waals surface area contributed by atoms with Crippen LogP contribution in [0.4, 0.5) is 5.69 Å². The largest absolute Gasteiger partial charge is 0.496 e. The van der Waals surface area contributed by atoms with Crippen LogP contribution in [0.25, 0.3) is 10.9 Å². The van der Waals surface area contributed by atoms with Gasteiger partial charge in [0.2, 0.25) is 5.60 Å². The summed E-state index contributed by atoms with van der Waals surface area (Å²) in [7, 11) is 6.21. The van der Waals surface area contributed by atoms with Gasteiger partial charge in [0.25, 0.3) is 0 Å². The summed E-state index contributed by atoms with van der Waals surface area (Å²) in [6.45, 7) is 7.41. The van der Waals surface area contributed by atoms with Crippen molar-refractivity contribution in [2.75, 3.05) is 66.0 Å². The highest BCUT2D eigenvalue weighted by molar-refractivity contribution is 5.95. The number of para-hydroxylation sites is 1. The molecule has 12 nitrogen and oxygen atoms in total. The van der Waals surface area contributed by atoms with Crippen molar-refractivity contribution in [1.82, 2.24) is 14.8 Å². The Labute approximate surface area is 327 Å². The molecule has 12 heteroatoms. The summed E-state index contributed by atoms with van der Waals surface area (Å²) in [4.78, 5) is 52.7. The highest BCUT2D eigenvalue weighted by Crippen LogP contribution is 2.64. The summed E-state index contributed by atoms with van der Waals surface area (Å²) in [5.41, 5.74) is 2.14. The van der Waals surface area contributed by atoms with Gasteiger partial charge in [-0.25, -0.2) is 4.79 Å². The summed E-state index contributed by atoms with van der Waals surface area (Å²) in [5, 5.41) is 14.1. The highest BCUT2D eigenvalue weighted by atomic mass is 16.6. The number of rotatable bonds is 6. The van der Waals surface area contributed by atoms with Crippen LogP contribution in [0.15, 0.2) is 60.2 Å². The number of likely N-dealkylation sites (N-methyl/N-ethyl adjacent to an activating group) is 1. The van der Waals surface area contributed by atoms with Gasteiger partial charge in [-0.3, -0.25) is 19.4 Å². The van der Waals surface area contributed by atoms with E-state index in [0.717, 1.165) is 65.9 Å². The van der Waals surface area contributed by atoms with Gasteiger partial charge in [-0.15, -0.1) is 0 Å². The first-order valence-electron chi connectivity index (χ1n) is 19.9. The molecule has 56 heavy (non-hydrogen) atoms. The molecule has 1 unspecified atom stereocenters. The van der Waals surface area contributed by atoms with E-state index in [-0.39, 0.29) is 17.9 Å². The fourth-order valence-corrected chi connectivity index (χ4v) is 12.2. The van der Waals surface area contributed by atoms with Crippen LogP contribution in [-0.2, 0) is 45.8 Å². The molecule has 6 aliphatic rings. The van der Waals surface area contributed by atoms with Crippen LogP contribution < -0.4 is 9.64 Å². The number of aliphatic hydroxyl groups is 1. The van der Waals surface area contributed by atoms with Gasteiger partial charge in [0.05, 0.1) is 27.4 Å². The van der Waals surface area contributed by atoms with Crippen LogP contribution in [0.1, 0.15) is 55.5 Å². The topological polar surface area (TPSA) is 134 Å². The highest BCUT2D eigenvalue weighted by Gasteiger charge is 2.76. The molecule has 2 N–H and O–H groups in total. The van der Waals surface area contributed by atoms with E-state index in [1.54, 1.807) is 7.11 Å². The molecular formula is C44H52N4O8. The van der Waals surface area contributed by atoms with E-state index >= 15 is 4.79 Å². The van der Waals surface area contributed by atoms with Crippen molar-refractivity contribution in [3.63, 3.8) is 0 Å². The number of nitrogens with zero attached hydrogens (tertiary/aromatic N) is 3. The Balaban J connectivity index is 1.35. The molecule has 1 aliphatic carbocycles. The number of hydrogen-bond donors (Lipinski definition) is 2. The van der Waals surface area contributed by atoms with Crippen molar-refractivity contribution in [3.8, 4) is 5.75 Å². The molecule has 0 radical (unpaired) electrons. The van der Waals surface area contributed by atoms with E-state index in [9.17, 15) is 14.7 Å². The fourth-order valence-electron chi connectivity index (χ4n) is 12.2. The number of aromatic amines is 1. The Morgan fingerprint density at radius 3 is 2.55 bits per heavy atom. The van der Waals surface area contributed by atoms with Crippen LogP contribution in [0.3, 0.4) is 0 Å². The Morgan fingerprint density at radius 1 is 1.04 bits per heavy atom. The molecule has 3 aromatic rings. The summed E-state index contributed by atoms with van der Waals surface area (Å²) in [6, 6.07) is 11.2. The molecule has 1 spiro atoms. The fraction of sp³-hybridized carbons (Fsp3) is 0.523. The first-order chi connectivity index (χ1) is 27.0. The third-order valence-corrected chi connectivity index (χ3v) is 14.2. The molecule has 9 rings (SSSR count). The van der Waals surface area contributed by atoms with Crippen molar-refractivity contribution in [2.24, 2.45) is 11.8 Å². The molecule has 6 heterocycles. The molecule has 1 saturated heterocycles. The number of anilines is 1. The van der Waals surface area contributed by atoms with Gasteiger partial charge < -0.3 is 33.9 Å². The Kier molecular flexibility index (Phi) is 8.72. The van der Waals surface area contributed by atoms with Gasteiger partial charge in [-0.2, -0.15) is 0 Å². The minimum absolute atomic E-state index is 0.0279. The smallest absolute Gasteiger partial charge is 0.344 e. The zero-order chi connectivity index (χ0) is 39.3. The normalized spacial score (nSPS) is 34.2. The maximum atomic E-state index is 15.2. The number of carbonyl (C=O) groups is 3. The maximum Gasteiger partial charge on any atom is 0.344 e.